The zero-order chi connectivity index (χ0) is 24.9. The van der Waals surface area contributed by atoms with Crippen LogP contribution in [0.3, 0.4) is 0 Å². The highest BCUT2D eigenvalue weighted by molar-refractivity contribution is 5.73. The van der Waals surface area contributed by atoms with Gasteiger partial charge in [-0.15, -0.1) is 0 Å². The molecule has 0 unspecified atom stereocenters. The first kappa shape index (κ1) is 24.6. The Morgan fingerprint density at radius 3 is 2.35 bits per heavy atom. The number of nitriles is 1. The smallest absolute Gasteiger partial charge is 0.310 e. The molecule has 0 N–H and O–H groups in total. The number of carbonyl (C=O) groups excluding carboxylic acids is 1. The maximum absolute atomic E-state index is 14.5. The second-order valence-electron chi connectivity index (χ2n) is 8.26. The van der Waals surface area contributed by atoms with E-state index in [9.17, 15) is 18.0 Å². The summed E-state index contributed by atoms with van der Waals surface area (Å²) in [6.45, 7) is 4.84. The number of nitrogens with zero attached hydrogens (tertiary/aromatic N) is 2. The van der Waals surface area contributed by atoms with Crippen molar-refractivity contribution in [2.75, 3.05) is 0 Å². The highest BCUT2D eigenvalue weighted by Gasteiger charge is 2.20. The van der Waals surface area contributed by atoms with Crippen molar-refractivity contribution in [3.8, 4) is 23.6 Å². The molecule has 0 saturated heterocycles. The number of rotatable bonds is 7. The van der Waals surface area contributed by atoms with Crippen molar-refractivity contribution in [2.45, 2.75) is 39.4 Å². The van der Waals surface area contributed by atoms with Crippen molar-refractivity contribution >= 4 is 5.97 Å². The number of benzene rings is 2. The van der Waals surface area contributed by atoms with Gasteiger partial charge in [0.1, 0.15) is 23.8 Å². The molecule has 1 heterocycles. The summed E-state index contributed by atoms with van der Waals surface area (Å²) >= 11 is 0. The van der Waals surface area contributed by atoms with E-state index in [0.29, 0.717) is 0 Å². The van der Waals surface area contributed by atoms with E-state index in [0.717, 1.165) is 18.2 Å². The Kier molecular flexibility index (Phi) is 7.41. The van der Waals surface area contributed by atoms with Crippen molar-refractivity contribution in [3.63, 3.8) is 0 Å². The molecular weight excluding hydrogens is 449 g/mol. The Balaban J connectivity index is 1.69. The number of pyridine rings is 1. The maximum Gasteiger partial charge on any atom is 0.310 e. The Bertz CT molecular complexity index is 1250. The second kappa shape index (κ2) is 10.3. The summed E-state index contributed by atoms with van der Waals surface area (Å²) < 4.78 is 58.9. The average Bonchev–Trinajstić information content (AvgIpc) is 2.75. The van der Waals surface area contributed by atoms with E-state index in [4.69, 9.17) is 19.5 Å². The minimum absolute atomic E-state index is 0.0590. The van der Waals surface area contributed by atoms with Crippen LogP contribution in [-0.2, 0) is 22.6 Å². The lowest BCUT2D eigenvalue weighted by atomic mass is 10.1. The Morgan fingerprint density at radius 1 is 0.971 bits per heavy atom. The second-order valence-corrected chi connectivity index (χ2v) is 8.26. The standard InChI is InChI=1S/C25H21F3N2O4/c1-25(2,3)34-24(31)11-17-10-20(28)21(12-19(17)27)33-23-6-4-5-22(30-23)32-14-16-8-7-15(13-29)9-18(16)26/h4-10,12H,11,14H2,1-3H3. The predicted octanol–water partition coefficient (Wildman–Crippen LogP) is 5.63. The van der Waals surface area contributed by atoms with Crippen LogP contribution in [0.2, 0.25) is 0 Å². The molecule has 0 aliphatic rings. The number of aromatic nitrogens is 1. The normalized spacial score (nSPS) is 11.0. The van der Waals surface area contributed by atoms with E-state index >= 15 is 0 Å². The van der Waals surface area contributed by atoms with Gasteiger partial charge in [0.2, 0.25) is 11.8 Å². The van der Waals surface area contributed by atoms with Crippen LogP contribution in [0.1, 0.15) is 37.5 Å². The highest BCUT2D eigenvalue weighted by atomic mass is 19.1. The van der Waals surface area contributed by atoms with Gasteiger partial charge in [0.05, 0.1) is 18.1 Å². The fourth-order valence-corrected chi connectivity index (χ4v) is 2.85. The van der Waals surface area contributed by atoms with Gasteiger partial charge < -0.3 is 14.2 Å². The molecule has 0 bridgehead atoms. The first-order valence-corrected chi connectivity index (χ1v) is 10.2. The van der Waals surface area contributed by atoms with E-state index in [1.165, 1.54) is 30.3 Å². The van der Waals surface area contributed by atoms with Crippen molar-refractivity contribution in [3.05, 3.63) is 82.7 Å². The van der Waals surface area contributed by atoms with E-state index < -0.39 is 41.2 Å². The molecule has 0 aliphatic heterocycles. The van der Waals surface area contributed by atoms with Crippen molar-refractivity contribution in [2.24, 2.45) is 0 Å². The van der Waals surface area contributed by atoms with Crippen LogP contribution in [0, 0.1) is 28.8 Å². The first-order valence-electron chi connectivity index (χ1n) is 10.2. The van der Waals surface area contributed by atoms with Crippen LogP contribution in [-0.4, -0.2) is 16.6 Å². The molecule has 176 valence electrons. The van der Waals surface area contributed by atoms with Crippen molar-refractivity contribution < 1.29 is 32.2 Å². The van der Waals surface area contributed by atoms with Crippen LogP contribution < -0.4 is 9.47 Å². The lowest BCUT2D eigenvalue weighted by molar-refractivity contribution is -0.153. The fourth-order valence-electron chi connectivity index (χ4n) is 2.85. The summed E-state index contributed by atoms with van der Waals surface area (Å²) in [5, 5.41) is 8.80. The van der Waals surface area contributed by atoms with E-state index in [1.807, 2.05) is 6.07 Å². The zero-order valence-electron chi connectivity index (χ0n) is 18.7. The molecule has 34 heavy (non-hydrogen) atoms. The van der Waals surface area contributed by atoms with Gasteiger partial charge >= 0.3 is 5.97 Å². The molecule has 0 fully saturated rings. The van der Waals surface area contributed by atoms with Gasteiger partial charge in [0.15, 0.2) is 11.6 Å². The highest BCUT2D eigenvalue weighted by Crippen LogP contribution is 2.28. The Morgan fingerprint density at radius 2 is 1.68 bits per heavy atom. The molecule has 1 aromatic heterocycles. The summed E-state index contributed by atoms with van der Waals surface area (Å²) in [5.41, 5.74) is -0.532. The fraction of sp³-hybridized carbons (Fsp3) is 0.240. The third-order valence-corrected chi connectivity index (χ3v) is 4.33. The predicted molar refractivity (Wildman–Crippen MR) is 116 cm³/mol. The number of esters is 1. The van der Waals surface area contributed by atoms with Gasteiger partial charge in [0.25, 0.3) is 0 Å². The van der Waals surface area contributed by atoms with Crippen molar-refractivity contribution in [1.29, 1.82) is 5.26 Å². The van der Waals surface area contributed by atoms with E-state index in [1.54, 1.807) is 20.8 Å². The van der Waals surface area contributed by atoms with Crippen LogP contribution in [0.4, 0.5) is 13.2 Å². The van der Waals surface area contributed by atoms with Gasteiger partial charge in [-0.05, 0) is 39.0 Å². The molecule has 0 radical (unpaired) electrons. The number of halogens is 3. The van der Waals surface area contributed by atoms with Crippen LogP contribution >= 0.6 is 0 Å². The monoisotopic (exact) mass is 470 g/mol. The molecule has 3 rings (SSSR count). The molecule has 3 aromatic rings. The summed E-state index contributed by atoms with van der Waals surface area (Å²) in [4.78, 5) is 16.0. The molecule has 0 atom stereocenters. The first-order chi connectivity index (χ1) is 16.0. The SMILES string of the molecule is CC(C)(C)OC(=O)Cc1cc(F)c(Oc2cccc(OCc3ccc(C#N)cc3F)n2)cc1F. The number of carbonyl (C=O) groups is 1. The van der Waals surface area contributed by atoms with Gasteiger partial charge in [-0.25, -0.2) is 13.2 Å². The maximum atomic E-state index is 14.5. The van der Waals surface area contributed by atoms with Crippen molar-refractivity contribution in [1.82, 2.24) is 4.98 Å². The Labute approximate surface area is 194 Å². The van der Waals surface area contributed by atoms with Crippen LogP contribution in [0.25, 0.3) is 0 Å². The molecule has 0 amide bonds. The average molecular weight is 470 g/mol. The number of hydrogen-bond donors (Lipinski definition) is 0. The molecule has 0 aliphatic carbocycles. The van der Waals surface area contributed by atoms with Crippen LogP contribution in [0.15, 0.2) is 48.5 Å². The molecular formula is C25H21F3N2O4. The zero-order valence-corrected chi connectivity index (χ0v) is 18.7. The molecule has 0 spiro atoms. The van der Waals surface area contributed by atoms with Gasteiger partial charge in [-0.1, -0.05) is 12.1 Å². The third-order valence-electron chi connectivity index (χ3n) is 4.33. The molecule has 9 heteroatoms. The minimum atomic E-state index is -0.896. The minimum Gasteiger partial charge on any atom is -0.473 e. The summed E-state index contributed by atoms with van der Waals surface area (Å²) in [6.07, 6.45) is -0.437. The largest absolute Gasteiger partial charge is 0.473 e. The quantitative estimate of drug-likeness (QED) is 0.417. The molecule has 2 aromatic carbocycles. The van der Waals surface area contributed by atoms with Gasteiger partial charge in [-0.2, -0.15) is 10.2 Å². The number of ether oxygens (including phenoxy) is 3. The van der Waals surface area contributed by atoms with Crippen LogP contribution in [0.5, 0.6) is 17.5 Å². The summed E-state index contributed by atoms with van der Waals surface area (Å²) in [5.74, 6) is -3.49. The van der Waals surface area contributed by atoms with Gasteiger partial charge in [0, 0.05) is 29.3 Å². The lowest BCUT2D eigenvalue weighted by Crippen LogP contribution is -2.25. The number of hydrogen-bond acceptors (Lipinski definition) is 6. The molecule has 6 nitrogen and oxygen atoms in total. The lowest BCUT2D eigenvalue weighted by Gasteiger charge is -2.19. The molecule has 0 saturated carbocycles. The van der Waals surface area contributed by atoms with E-state index in [-0.39, 0.29) is 35.1 Å². The van der Waals surface area contributed by atoms with E-state index in [2.05, 4.69) is 4.98 Å². The third kappa shape index (κ3) is 6.72. The Hall–Kier alpha value is -4.06. The summed E-state index contributed by atoms with van der Waals surface area (Å²) in [6, 6.07) is 11.9. The summed E-state index contributed by atoms with van der Waals surface area (Å²) in [7, 11) is 0. The topological polar surface area (TPSA) is 81.4 Å². The van der Waals surface area contributed by atoms with Gasteiger partial charge in [-0.3, -0.25) is 4.79 Å².